The lowest BCUT2D eigenvalue weighted by atomic mass is 9.77. The molecule has 0 aromatic carbocycles. The molecule has 1 aliphatic heterocycles. The fraction of sp³-hybridized carbons (Fsp3) is 0.632. The fourth-order valence-corrected chi connectivity index (χ4v) is 3.84. The molecule has 8 nitrogen and oxygen atoms in total. The average molecular weight is 376 g/mol. The first-order chi connectivity index (χ1) is 12.8. The first-order valence-electron chi connectivity index (χ1n) is 9.43. The summed E-state index contributed by atoms with van der Waals surface area (Å²) in [5.41, 5.74) is -0.815. The molecule has 0 bridgehead atoms. The second kappa shape index (κ2) is 7.72. The van der Waals surface area contributed by atoms with Crippen LogP contribution < -0.4 is 10.6 Å². The van der Waals surface area contributed by atoms with E-state index in [1.165, 1.54) is 0 Å². The van der Waals surface area contributed by atoms with Gasteiger partial charge >= 0.3 is 6.03 Å². The van der Waals surface area contributed by atoms with Gasteiger partial charge in [-0.2, -0.15) is 0 Å². The summed E-state index contributed by atoms with van der Waals surface area (Å²) in [6.45, 7) is 2.21. The van der Waals surface area contributed by atoms with E-state index in [1.807, 2.05) is 25.1 Å². The van der Waals surface area contributed by atoms with Gasteiger partial charge in [-0.05, 0) is 57.8 Å². The maximum absolute atomic E-state index is 12.8. The van der Waals surface area contributed by atoms with Crippen molar-refractivity contribution in [3.63, 3.8) is 0 Å². The normalized spacial score (nSPS) is 26.5. The van der Waals surface area contributed by atoms with E-state index in [9.17, 15) is 14.4 Å². The lowest BCUT2D eigenvalue weighted by Gasteiger charge is -2.33. The molecule has 2 heterocycles. The van der Waals surface area contributed by atoms with E-state index < -0.39 is 11.6 Å². The second-order valence-electron chi connectivity index (χ2n) is 7.88. The van der Waals surface area contributed by atoms with Crippen LogP contribution in [0.5, 0.6) is 0 Å². The Morgan fingerprint density at radius 3 is 2.70 bits per heavy atom. The maximum Gasteiger partial charge on any atom is 0.325 e. The number of urea groups is 1. The predicted molar refractivity (Wildman–Crippen MR) is 98.8 cm³/mol. The zero-order valence-corrected chi connectivity index (χ0v) is 16.2. The minimum absolute atomic E-state index is 0.127. The van der Waals surface area contributed by atoms with Gasteiger partial charge in [0.15, 0.2) is 0 Å². The molecule has 148 valence electrons. The van der Waals surface area contributed by atoms with E-state index in [2.05, 4.69) is 17.6 Å². The monoisotopic (exact) mass is 376 g/mol. The van der Waals surface area contributed by atoms with Gasteiger partial charge in [0.05, 0.1) is 12.3 Å². The minimum Gasteiger partial charge on any atom is -0.468 e. The number of likely N-dealkylation sites (N-methyl/N-ethyl adjacent to an activating group) is 1. The first-order valence-corrected chi connectivity index (χ1v) is 9.43. The number of nitrogens with zero attached hydrogens (tertiary/aromatic N) is 2. The Kier molecular flexibility index (Phi) is 5.55. The number of imide groups is 1. The van der Waals surface area contributed by atoms with Crippen molar-refractivity contribution in [3.05, 3.63) is 24.2 Å². The van der Waals surface area contributed by atoms with Gasteiger partial charge in [-0.1, -0.05) is 6.92 Å². The molecule has 1 unspecified atom stereocenters. The second-order valence-corrected chi connectivity index (χ2v) is 7.88. The summed E-state index contributed by atoms with van der Waals surface area (Å²) in [5.74, 6) is 0.663. The maximum atomic E-state index is 12.8. The molecule has 1 aromatic rings. The number of carbonyl (C=O) groups is 3. The lowest BCUT2D eigenvalue weighted by molar-refractivity contribution is -0.136. The van der Waals surface area contributed by atoms with Gasteiger partial charge < -0.3 is 15.1 Å². The van der Waals surface area contributed by atoms with E-state index >= 15 is 0 Å². The highest BCUT2D eigenvalue weighted by Crippen LogP contribution is 2.36. The van der Waals surface area contributed by atoms with Crippen LogP contribution in [0, 0.1) is 5.92 Å². The lowest BCUT2D eigenvalue weighted by Crippen LogP contribution is -2.50. The summed E-state index contributed by atoms with van der Waals surface area (Å²) in [6, 6.07) is 3.05. The molecule has 2 aliphatic rings. The molecule has 1 spiro atoms. The summed E-state index contributed by atoms with van der Waals surface area (Å²) >= 11 is 0. The predicted octanol–water partition coefficient (Wildman–Crippen LogP) is 1.50. The Balaban J connectivity index is 1.57. The summed E-state index contributed by atoms with van der Waals surface area (Å²) in [7, 11) is 3.79. The molecule has 1 saturated carbocycles. The van der Waals surface area contributed by atoms with Gasteiger partial charge in [-0.15, -0.1) is 0 Å². The molecule has 1 aliphatic carbocycles. The Morgan fingerprint density at radius 2 is 2.11 bits per heavy atom. The fourth-order valence-electron chi connectivity index (χ4n) is 3.84. The summed E-state index contributed by atoms with van der Waals surface area (Å²) < 4.78 is 5.42. The number of hydrogen-bond donors (Lipinski definition) is 2. The molecule has 4 amide bonds. The van der Waals surface area contributed by atoms with Crippen molar-refractivity contribution in [1.82, 2.24) is 20.4 Å². The van der Waals surface area contributed by atoms with Gasteiger partial charge in [-0.3, -0.25) is 19.4 Å². The van der Waals surface area contributed by atoms with Crippen molar-refractivity contribution >= 4 is 17.8 Å². The third-order valence-corrected chi connectivity index (χ3v) is 5.66. The summed E-state index contributed by atoms with van der Waals surface area (Å²) in [4.78, 5) is 40.5. The van der Waals surface area contributed by atoms with Crippen LogP contribution in [0.4, 0.5) is 4.79 Å². The van der Waals surface area contributed by atoms with Gasteiger partial charge in [0.1, 0.15) is 17.8 Å². The highest BCUT2D eigenvalue weighted by molar-refractivity contribution is 6.09. The molecule has 2 N–H and O–H groups in total. The van der Waals surface area contributed by atoms with Crippen molar-refractivity contribution in [2.24, 2.45) is 5.92 Å². The van der Waals surface area contributed by atoms with Gasteiger partial charge in [0.25, 0.3) is 5.91 Å². The molecular weight excluding hydrogens is 348 g/mol. The highest BCUT2D eigenvalue weighted by Gasteiger charge is 2.52. The standard InChI is InChI=1S/C19H28N4O4/c1-13-6-8-19(9-7-13)17(25)23(18(26)21-19)12-16(24)20-11-14(22(2)3)15-5-4-10-27-15/h4-5,10,13-14H,6-9,11-12H2,1-3H3,(H,20,24)(H,21,26). The van der Waals surface area contributed by atoms with Crippen LogP contribution in [-0.4, -0.2) is 60.4 Å². The number of nitrogens with one attached hydrogen (secondary N) is 2. The molecule has 8 heteroatoms. The molecule has 3 rings (SSSR count). The Morgan fingerprint density at radius 1 is 1.41 bits per heavy atom. The quantitative estimate of drug-likeness (QED) is 0.734. The van der Waals surface area contributed by atoms with Crippen LogP contribution in [0.2, 0.25) is 0 Å². The summed E-state index contributed by atoms with van der Waals surface area (Å²) in [6.07, 6.45) is 4.67. The third-order valence-electron chi connectivity index (χ3n) is 5.66. The molecule has 2 fully saturated rings. The Labute approximate surface area is 159 Å². The third kappa shape index (κ3) is 4.00. The molecular formula is C19H28N4O4. The number of rotatable bonds is 6. The zero-order valence-electron chi connectivity index (χ0n) is 16.2. The zero-order chi connectivity index (χ0) is 19.6. The number of amides is 4. The van der Waals surface area contributed by atoms with Crippen molar-refractivity contribution in [2.45, 2.75) is 44.2 Å². The Hall–Kier alpha value is -2.35. The smallest absolute Gasteiger partial charge is 0.325 e. The number of carbonyl (C=O) groups excluding carboxylic acids is 3. The van der Waals surface area contributed by atoms with Crippen molar-refractivity contribution < 1.29 is 18.8 Å². The van der Waals surface area contributed by atoms with Crippen LogP contribution in [0.1, 0.15) is 44.4 Å². The Bertz CT molecular complexity index is 693. The van der Waals surface area contributed by atoms with Gasteiger partial charge in [0.2, 0.25) is 5.91 Å². The van der Waals surface area contributed by atoms with Crippen LogP contribution in [0.15, 0.2) is 22.8 Å². The first kappa shape index (κ1) is 19.4. The molecule has 27 heavy (non-hydrogen) atoms. The van der Waals surface area contributed by atoms with Crippen molar-refractivity contribution in [2.75, 3.05) is 27.2 Å². The number of furan rings is 1. The largest absolute Gasteiger partial charge is 0.468 e. The van der Waals surface area contributed by atoms with E-state index in [4.69, 9.17) is 4.42 Å². The van der Waals surface area contributed by atoms with Crippen LogP contribution >= 0.6 is 0 Å². The molecule has 0 radical (unpaired) electrons. The van der Waals surface area contributed by atoms with Gasteiger partial charge in [-0.25, -0.2) is 4.79 Å². The van der Waals surface area contributed by atoms with E-state index in [1.54, 1.807) is 12.3 Å². The molecule has 1 aromatic heterocycles. The van der Waals surface area contributed by atoms with E-state index in [0.29, 0.717) is 25.3 Å². The van der Waals surface area contributed by atoms with Crippen LogP contribution in [0.3, 0.4) is 0 Å². The van der Waals surface area contributed by atoms with Gasteiger partial charge in [0, 0.05) is 6.54 Å². The van der Waals surface area contributed by atoms with Crippen molar-refractivity contribution in [1.29, 1.82) is 0 Å². The van der Waals surface area contributed by atoms with Crippen LogP contribution in [0.25, 0.3) is 0 Å². The molecule has 1 saturated heterocycles. The average Bonchev–Trinajstić information content (AvgIpc) is 3.21. The number of hydrogen-bond acceptors (Lipinski definition) is 5. The topological polar surface area (TPSA) is 94.9 Å². The SMILES string of the molecule is CC1CCC2(CC1)NC(=O)N(CC(=O)NCC(c1ccco1)N(C)C)C2=O. The van der Waals surface area contributed by atoms with Crippen molar-refractivity contribution in [3.8, 4) is 0 Å². The minimum atomic E-state index is -0.815. The van der Waals surface area contributed by atoms with E-state index in [-0.39, 0.29) is 24.4 Å². The van der Waals surface area contributed by atoms with Crippen LogP contribution in [-0.2, 0) is 9.59 Å². The highest BCUT2D eigenvalue weighted by atomic mass is 16.3. The van der Waals surface area contributed by atoms with E-state index in [0.717, 1.165) is 23.5 Å². The molecule has 1 atom stereocenters. The summed E-state index contributed by atoms with van der Waals surface area (Å²) in [5, 5.41) is 5.64.